The number of carbonyl (C=O) groups excluding carboxylic acids is 1. The summed E-state index contributed by atoms with van der Waals surface area (Å²) in [4.78, 5) is 33.0. The van der Waals surface area contributed by atoms with Crippen LogP contribution in [-0.2, 0) is 14.5 Å². The fraction of sp³-hybridized carbons (Fsp3) is 0.250. The number of hydrogen-bond donors (Lipinski definition) is 4. The van der Waals surface area contributed by atoms with Crippen LogP contribution in [0.15, 0.2) is 54.6 Å². The van der Waals surface area contributed by atoms with Gasteiger partial charge in [0.25, 0.3) is 0 Å². The molecule has 0 fully saturated rings. The molecule has 0 unspecified atom stereocenters. The molecular weight excluding hydrogens is 444 g/mol. The van der Waals surface area contributed by atoms with Gasteiger partial charge in [0, 0.05) is 22.9 Å². The molecule has 0 atom stereocenters. The molecule has 3 aromatic rings. The predicted molar refractivity (Wildman–Crippen MR) is 127 cm³/mol. The molecular formula is C24H27FN3O4P. The van der Waals surface area contributed by atoms with Crippen molar-refractivity contribution in [1.29, 1.82) is 0 Å². The summed E-state index contributed by atoms with van der Waals surface area (Å²) >= 11 is 0. The molecule has 0 spiro atoms. The van der Waals surface area contributed by atoms with Crippen molar-refractivity contribution in [3.05, 3.63) is 77.2 Å². The predicted octanol–water partition coefficient (Wildman–Crippen LogP) is 5.37. The maximum atomic E-state index is 13.3. The Hall–Kier alpha value is -3.06. The Kier molecular flexibility index (Phi) is 7.32. The Morgan fingerprint density at radius 1 is 1.15 bits per heavy atom. The Bertz CT molecular complexity index is 1210. The Morgan fingerprint density at radius 3 is 2.39 bits per heavy atom. The first-order chi connectivity index (χ1) is 15.6. The van der Waals surface area contributed by atoms with Crippen LogP contribution in [0.1, 0.15) is 43.5 Å². The van der Waals surface area contributed by atoms with Crippen LogP contribution in [0.25, 0.3) is 17.3 Å². The van der Waals surface area contributed by atoms with Gasteiger partial charge in [-0.3, -0.25) is 14.5 Å². The third kappa shape index (κ3) is 4.98. The zero-order chi connectivity index (χ0) is 24.2. The first-order valence-electron chi connectivity index (χ1n) is 10.6. The second-order valence-corrected chi connectivity index (χ2v) is 9.70. The van der Waals surface area contributed by atoms with Gasteiger partial charge in [0.05, 0.1) is 16.5 Å². The van der Waals surface area contributed by atoms with Crippen LogP contribution in [0, 0.1) is 12.7 Å². The van der Waals surface area contributed by atoms with E-state index in [1.807, 2.05) is 0 Å². The molecule has 9 heteroatoms. The summed E-state index contributed by atoms with van der Waals surface area (Å²) in [5.41, 5.74) is 3.46. The first kappa shape index (κ1) is 24.6. The number of benzene rings is 2. The van der Waals surface area contributed by atoms with Crippen molar-refractivity contribution in [3.8, 4) is 11.3 Å². The van der Waals surface area contributed by atoms with Crippen LogP contribution in [0.2, 0.25) is 0 Å². The van der Waals surface area contributed by atoms with Gasteiger partial charge in [-0.15, -0.1) is 0 Å². The highest BCUT2D eigenvalue weighted by atomic mass is 31.2. The van der Waals surface area contributed by atoms with Crippen molar-refractivity contribution in [2.24, 2.45) is 0 Å². The largest absolute Gasteiger partial charge is 0.336 e. The van der Waals surface area contributed by atoms with Gasteiger partial charge in [0.15, 0.2) is 0 Å². The molecule has 7 nitrogen and oxygen atoms in total. The van der Waals surface area contributed by atoms with Crippen LogP contribution in [0.5, 0.6) is 0 Å². The summed E-state index contributed by atoms with van der Waals surface area (Å²) in [6, 6.07) is 12.6. The molecule has 1 aromatic heterocycles. The average Bonchev–Trinajstić information content (AvgIpc) is 3.14. The molecule has 0 aliphatic rings. The highest BCUT2D eigenvalue weighted by Crippen LogP contribution is 2.62. The van der Waals surface area contributed by atoms with Gasteiger partial charge in [-0.05, 0) is 61.7 Å². The van der Waals surface area contributed by atoms with Crippen LogP contribution in [-0.4, -0.2) is 25.9 Å². The zero-order valence-electron chi connectivity index (χ0n) is 18.7. The summed E-state index contributed by atoms with van der Waals surface area (Å²) in [5, 5.41) is 8.45. The number of halogens is 1. The number of aryl methyl sites for hydroxylation is 1. The summed E-state index contributed by atoms with van der Waals surface area (Å²) in [7, 11) is -4.51. The van der Waals surface area contributed by atoms with E-state index < -0.39 is 18.7 Å². The minimum Gasteiger partial charge on any atom is -0.324 e. The van der Waals surface area contributed by atoms with E-state index in [9.17, 15) is 23.5 Å². The van der Waals surface area contributed by atoms with Crippen molar-refractivity contribution in [2.45, 2.75) is 38.8 Å². The van der Waals surface area contributed by atoms with Gasteiger partial charge in [-0.2, -0.15) is 5.10 Å². The van der Waals surface area contributed by atoms with Crippen molar-refractivity contribution >= 4 is 25.3 Å². The minimum absolute atomic E-state index is 0.214. The van der Waals surface area contributed by atoms with Gasteiger partial charge < -0.3 is 15.1 Å². The highest BCUT2D eigenvalue weighted by molar-refractivity contribution is 7.53. The lowest BCUT2D eigenvalue weighted by Crippen LogP contribution is -2.26. The number of nitrogens with zero attached hydrogens (tertiary/aromatic N) is 1. The number of H-pyrrole nitrogens is 1. The van der Waals surface area contributed by atoms with Crippen molar-refractivity contribution in [3.63, 3.8) is 0 Å². The van der Waals surface area contributed by atoms with Crippen molar-refractivity contribution in [2.75, 3.05) is 5.32 Å². The van der Waals surface area contributed by atoms with Crippen LogP contribution in [0.3, 0.4) is 0 Å². The van der Waals surface area contributed by atoms with E-state index in [-0.39, 0.29) is 18.7 Å². The minimum atomic E-state index is -4.51. The molecule has 174 valence electrons. The van der Waals surface area contributed by atoms with Gasteiger partial charge in [0.1, 0.15) is 5.82 Å². The molecule has 4 N–H and O–H groups in total. The third-order valence-electron chi connectivity index (χ3n) is 5.94. The molecule has 3 rings (SSSR count). The number of para-hydroxylation sites is 1. The van der Waals surface area contributed by atoms with Crippen molar-refractivity contribution in [1.82, 2.24) is 10.2 Å². The normalized spacial score (nSPS) is 12.3. The fourth-order valence-electron chi connectivity index (χ4n) is 4.01. The maximum Gasteiger partial charge on any atom is 0.336 e. The number of carbonyl (C=O) groups is 1. The van der Waals surface area contributed by atoms with Gasteiger partial charge in [0.2, 0.25) is 5.91 Å². The van der Waals surface area contributed by atoms with E-state index in [1.165, 1.54) is 18.2 Å². The second kappa shape index (κ2) is 9.83. The Labute approximate surface area is 191 Å². The molecule has 0 bridgehead atoms. The van der Waals surface area contributed by atoms with Gasteiger partial charge in [-0.25, -0.2) is 4.39 Å². The molecule has 2 aromatic carbocycles. The molecule has 1 heterocycles. The van der Waals surface area contributed by atoms with E-state index in [0.29, 0.717) is 28.2 Å². The van der Waals surface area contributed by atoms with Crippen molar-refractivity contribution < 1.29 is 23.5 Å². The number of nitrogens with one attached hydrogen (secondary N) is 2. The molecule has 33 heavy (non-hydrogen) atoms. The molecule has 0 aliphatic carbocycles. The quantitative estimate of drug-likeness (QED) is 0.260. The average molecular weight is 471 g/mol. The maximum absolute atomic E-state index is 13.3. The summed E-state index contributed by atoms with van der Waals surface area (Å²) < 4.78 is 25.7. The number of amides is 1. The summed E-state index contributed by atoms with van der Waals surface area (Å²) in [6.07, 6.45) is 3.36. The monoisotopic (exact) mass is 471 g/mol. The SMILES string of the molecule is CCC(CC)(c1ccccc1NC(=O)C=Cc1c(C)n[nH]c1-c1ccc(F)cc1)P(=O)(O)O. The Balaban J connectivity index is 1.90. The fourth-order valence-corrected chi connectivity index (χ4v) is 5.35. The van der Waals surface area contributed by atoms with Crippen LogP contribution >= 0.6 is 7.60 Å². The third-order valence-corrected chi connectivity index (χ3v) is 7.93. The Morgan fingerprint density at radius 2 is 1.79 bits per heavy atom. The molecule has 0 radical (unpaired) electrons. The van der Waals surface area contributed by atoms with Crippen LogP contribution in [0.4, 0.5) is 10.1 Å². The smallest absolute Gasteiger partial charge is 0.324 e. The van der Waals surface area contributed by atoms with Gasteiger partial charge >= 0.3 is 7.60 Å². The lowest BCUT2D eigenvalue weighted by molar-refractivity contribution is -0.111. The zero-order valence-corrected chi connectivity index (χ0v) is 19.6. The second-order valence-electron chi connectivity index (χ2n) is 7.76. The topological polar surface area (TPSA) is 115 Å². The molecule has 1 amide bonds. The van der Waals surface area contributed by atoms with Crippen LogP contribution < -0.4 is 5.32 Å². The molecule has 0 aliphatic heterocycles. The number of aromatic amines is 1. The van der Waals surface area contributed by atoms with E-state index in [0.717, 1.165) is 5.56 Å². The van der Waals surface area contributed by atoms with E-state index in [4.69, 9.17) is 0 Å². The van der Waals surface area contributed by atoms with E-state index in [2.05, 4.69) is 15.5 Å². The number of rotatable bonds is 8. The number of hydrogen-bond acceptors (Lipinski definition) is 3. The summed E-state index contributed by atoms with van der Waals surface area (Å²) in [5.74, 6) is -0.810. The highest BCUT2D eigenvalue weighted by Gasteiger charge is 2.46. The number of anilines is 1. The summed E-state index contributed by atoms with van der Waals surface area (Å²) in [6.45, 7) is 5.23. The number of aromatic nitrogens is 2. The first-order valence-corrected chi connectivity index (χ1v) is 12.2. The standard InChI is InChI=1S/C24H27FN3O4P/c1-4-24(5-2,33(30,31)32)20-8-6-7-9-21(20)26-22(29)15-14-19-16(3)27-28-23(19)17-10-12-18(25)13-11-17/h6-15H,4-5H2,1-3H3,(H,26,29)(H,27,28)(H2,30,31,32). The van der Waals surface area contributed by atoms with E-state index in [1.54, 1.807) is 63.2 Å². The molecule has 0 saturated carbocycles. The lowest BCUT2D eigenvalue weighted by Gasteiger charge is -2.34. The molecule has 0 saturated heterocycles. The van der Waals surface area contributed by atoms with Gasteiger partial charge in [-0.1, -0.05) is 32.0 Å². The van der Waals surface area contributed by atoms with E-state index >= 15 is 0 Å². The lowest BCUT2D eigenvalue weighted by atomic mass is 9.91.